The summed E-state index contributed by atoms with van der Waals surface area (Å²) in [4.78, 5) is 43.7. The standard InChI is InChI=1S/C35H50N2O7/c1-32(2)22-13-14-34(32,4)26(17-22)44-31(43)28-35(5)18-33(35,3)19-37(28)30(42)27(21-9-7-6-8-10-21)36-29(41)25(40)16-20-11-12-23(38)24(39)15-20/h11-12,15,21-22,25-28,38-40H,6-10,13-14,16-19H2,1-5H3,(H,36,41)/t22?,25?,26-,27?,28?,33?,34?,35?/m1/s1. The molecule has 4 saturated carbocycles. The summed E-state index contributed by atoms with van der Waals surface area (Å²) in [5, 5.41) is 33.2. The third-order valence-corrected chi connectivity index (χ3v) is 13.4. The molecular formula is C35H50N2O7. The third kappa shape index (κ3) is 4.79. The first-order valence-electron chi connectivity index (χ1n) is 16.6. The molecule has 8 atom stereocenters. The van der Waals surface area contributed by atoms with E-state index in [4.69, 9.17) is 4.74 Å². The Bertz CT molecular complexity index is 1340. The molecule has 2 bridgehead atoms. The van der Waals surface area contributed by atoms with Crippen LogP contribution >= 0.6 is 0 Å². The normalized spacial score (nSPS) is 36.9. The highest BCUT2D eigenvalue weighted by molar-refractivity contribution is 5.93. The summed E-state index contributed by atoms with van der Waals surface area (Å²) < 4.78 is 6.39. The van der Waals surface area contributed by atoms with E-state index in [-0.39, 0.29) is 63.5 Å². The van der Waals surface area contributed by atoms with Gasteiger partial charge in [-0.05, 0) is 78.9 Å². The molecule has 4 N–H and O–H groups in total. The number of ether oxygens (including phenoxy) is 1. The molecule has 6 rings (SSSR count). The van der Waals surface area contributed by atoms with Gasteiger partial charge in [0.05, 0.1) is 0 Å². The summed E-state index contributed by atoms with van der Waals surface area (Å²) in [6.45, 7) is 11.5. The maximum absolute atomic E-state index is 14.5. The van der Waals surface area contributed by atoms with Crippen LogP contribution in [0.3, 0.4) is 0 Å². The number of benzene rings is 1. The predicted octanol–water partition coefficient (Wildman–Crippen LogP) is 4.45. The molecule has 242 valence electrons. The highest BCUT2D eigenvalue weighted by atomic mass is 16.5. The molecule has 1 saturated heterocycles. The van der Waals surface area contributed by atoms with Crippen molar-refractivity contribution >= 4 is 17.8 Å². The molecule has 1 aromatic rings. The van der Waals surface area contributed by atoms with Crippen molar-refractivity contribution in [3.8, 4) is 11.5 Å². The second-order valence-electron chi connectivity index (χ2n) is 16.0. The molecule has 2 amide bonds. The van der Waals surface area contributed by atoms with Crippen LogP contribution in [0.5, 0.6) is 11.5 Å². The fourth-order valence-corrected chi connectivity index (χ4v) is 9.64. The zero-order valence-electron chi connectivity index (χ0n) is 26.9. The Labute approximate surface area is 260 Å². The van der Waals surface area contributed by atoms with Gasteiger partial charge in [-0.2, -0.15) is 0 Å². The quantitative estimate of drug-likeness (QED) is 0.252. The lowest BCUT2D eigenvalue weighted by atomic mass is 9.70. The van der Waals surface area contributed by atoms with E-state index >= 15 is 0 Å². The largest absolute Gasteiger partial charge is 0.504 e. The maximum Gasteiger partial charge on any atom is 0.329 e. The van der Waals surface area contributed by atoms with Gasteiger partial charge in [0.1, 0.15) is 24.3 Å². The number of phenols is 2. The molecule has 1 aliphatic heterocycles. The van der Waals surface area contributed by atoms with Gasteiger partial charge in [-0.15, -0.1) is 0 Å². The lowest BCUT2D eigenvalue weighted by Gasteiger charge is -2.40. The summed E-state index contributed by atoms with van der Waals surface area (Å²) in [6.07, 6.45) is 6.74. The number of nitrogens with zero attached hydrogens (tertiary/aromatic N) is 1. The summed E-state index contributed by atoms with van der Waals surface area (Å²) in [6, 6.07) is 2.58. The summed E-state index contributed by atoms with van der Waals surface area (Å²) in [7, 11) is 0. The highest BCUT2D eigenvalue weighted by Gasteiger charge is 2.75. The van der Waals surface area contributed by atoms with Crippen LogP contribution in [0.15, 0.2) is 18.2 Å². The Kier molecular flexibility index (Phi) is 7.54. The van der Waals surface area contributed by atoms with Crippen LogP contribution in [-0.2, 0) is 25.5 Å². The number of fused-ring (bicyclic) bond motifs is 3. The van der Waals surface area contributed by atoms with E-state index in [1.165, 1.54) is 18.2 Å². The van der Waals surface area contributed by atoms with Gasteiger partial charge in [0.25, 0.3) is 0 Å². The average Bonchev–Trinajstić information content (AvgIpc) is 3.22. The van der Waals surface area contributed by atoms with Crippen molar-refractivity contribution in [2.24, 2.45) is 33.5 Å². The fourth-order valence-electron chi connectivity index (χ4n) is 9.64. The highest BCUT2D eigenvalue weighted by Crippen LogP contribution is 2.71. The van der Waals surface area contributed by atoms with E-state index < -0.39 is 24.1 Å². The lowest BCUT2D eigenvalue weighted by molar-refractivity contribution is -0.168. The van der Waals surface area contributed by atoms with Gasteiger partial charge in [-0.3, -0.25) is 9.59 Å². The van der Waals surface area contributed by atoms with Gasteiger partial charge in [-0.1, -0.05) is 59.9 Å². The number of phenolic OH excluding ortho intramolecular Hbond substituents is 2. The number of aliphatic hydroxyl groups excluding tert-OH is 1. The smallest absolute Gasteiger partial charge is 0.329 e. The zero-order valence-corrected chi connectivity index (χ0v) is 26.9. The van der Waals surface area contributed by atoms with Gasteiger partial charge < -0.3 is 30.3 Å². The Morgan fingerprint density at radius 3 is 2.32 bits per heavy atom. The van der Waals surface area contributed by atoms with Crippen LogP contribution in [0.25, 0.3) is 0 Å². The van der Waals surface area contributed by atoms with E-state index in [9.17, 15) is 29.7 Å². The molecule has 5 aliphatic rings. The number of esters is 1. The fraction of sp³-hybridized carbons (Fsp3) is 0.743. The van der Waals surface area contributed by atoms with Crippen molar-refractivity contribution in [1.82, 2.24) is 10.2 Å². The molecule has 0 radical (unpaired) electrons. The number of aromatic hydroxyl groups is 2. The van der Waals surface area contributed by atoms with Crippen LogP contribution in [0.1, 0.15) is 98.0 Å². The monoisotopic (exact) mass is 610 g/mol. The van der Waals surface area contributed by atoms with E-state index in [2.05, 4.69) is 39.9 Å². The minimum Gasteiger partial charge on any atom is -0.504 e. The number of carbonyl (C=O) groups is 3. The molecule has 4 aliphatic carbocycles. The summed E-state index contributed by atoms with van der Waals surface area (Å²) >= 11 is 0. The predicted molar refractivity (Wildman–Crippen MR) is 163 cm³/mol. The number of aliphatic hydroxyl groups is 1. The number of hydrogen-bond acceptors (Lipinski definition) is 7. The summed E-state index contributed by atoms with van der Waals surface area (Å²) in [5.41, 5.74) is -0.0836. The van der Waals surface area contributed by atoms with E-state index in [0.717, 1.165) is 57.8 Å². The van der Waals surface area contributed by atoms with Crippen LogP contribution in [0.2, 0.25) is 0 Å². The van der Waals surface area contributed by atoms with Crippen LogP contribution in [-0.4, -0.2) is 68.8 Å². The van der Waals surface area contributed by atoms with Crippen molar-refractivity contribution in [1.29, 1.82) is 0 Å². The minimum absolute atomic E-state index is 0.0858. The number of nitrogens with one attached hydrogen (secondary N) is 1. The van der Waals surface area contributed by atoms with Gasteiger partial charge in [-0.25, -0.2) is 4.79 Å². The molecule has 1 heterocycles. The van der Waals surface area contributed by atoms with Gasteiger partial charge >= 0.3 is 5.97 Å². The van der Waals surface area contributed by atoms with Gasteiger partial charge in [0.2, 0.25) is 11.8 Å². The van der Waals surface area contributed by atoms with Gasteiger partial charge in [0.15, 0.2) is 11.5 Å². The van der Waals surface area contributed by atoms with Crippen LogP contribution in [0, 0.1) is 33.5 Å². The molecule has 5 fully saturated rings. The van der Waals surface area contributed by atoms with Crippen molar-refractivity contribution in [2.45, 2.75) is 123 Å². The SMILES string of the molecule is CC12CN(C(=O)C(NC(=O)C(O)Cc3ccc(O)c(O)c3)C3CCCCC3)C(C(=O)O[C@@H]3CC4CCC3(C)C4(C)C)C1(C)C2. The van der Waals surface area contributed by atoms with Crippen molar-refractivity contribution in [3.63, 3.8) is 0 Å². The lowest BCUT2D eigenvalue weighted by Crippen LogP contribution is -2.58. The molecule has 7 unspecified atom stereocenters. The topological polar surface area (TPSA) is 136 Å². The first-order valence-corrected chi connectivity index (χ1v) is 16.6. The second kappa shape index (κ2) is 10.6. The minimum atomic E-state index is -1.46. The van der Waals surface area contributed by atoms with Crippen molar-refractivity contribution in [3.05, 3.63) is 23.8 Å². The Hall–Kier alpha value is -2.81. The molecule has 0 aromatic heterocycles. The molecule has 44 heavy (non-hydrogen) atoms. The van der Waals surface area contributed by atoms with Crippen LogP contribution in [0.4, 0.5) is 0 Å². The molecule has 9 heteroatoms. The Morgan fingerprint density at radius 2 is 1.70 bits per heavy atom. The number of piperidine rings is 1. The van der Waals surface area contributed by atoms with Crippen molar-refractivity contribution in [2.75, 3.05) is 6.54 Å². The molecule has 0 spiro atoms. The first kappa shape index (κ1) is 31.2. The van der Waals surface area contributed by atoms with Crippen LogP contribution < -0.4 is 5.32 Å². The van der Waals surface area contributed by atoms with Gasteiger partial charge in [0, 0.05) is 23.8 Å². The average molecular weight is 611 g/mol. The zero-order chi connectivity index (χ0) is 31.8. The molecule has 9 nitrogen and oxygen atoms in total. The second-order valence-corrected chi connectivity index (χ2v) is 16.0. The first-order chi connectivity index (χ1) is 20.6. The third-order valence-electron chi connectivity index (χ3n) is 13.4. The van der Waals surface area contributed by atoms with E-state index in [0.29, 0.717) is 18.0 Å². The Morgan fingerprint density at radius 1 is 1.00 bits per heavy atom. The number of hydrogen-bond donors (Lipinski definition) is 4. The maximum atomic E-state index is 14.5. The molecule has 1 aromatic carbocycles. The number of carbonyl (C=O) groups excluding carboxylic acids is 3. The molecular weight excluding hydrogens is 560 g/mol. The van der Waals surface area contributed by atoms with Crippen molar-refractivity contribution < 1.29 is 34.4 Å². The summed E-state index contributed by atoms with van der Waals surface area (Å²) in [5.74, 6) is -1.44. The van der Waals surface area contributed by atoms with E-state index in [1.807, 2.05) is 0 Å². The number of likely N-dealkylation sites (tertiary alicyclic amines) is 1. The number of rotatable bonds is 8. The Balaban J connectivity index is 1.21. The van der Waals surface area contributed by atoms with E-state index in [1.54, 1.807) is 4.90 Å². The number of amides is 2.